The van der Waals surface area contributed by atoms with Gasteiger partial charge in [0.05, 0.1) is 19.3 Å². The van der Waals surface area contributed by atoms with Gasteiger partial charge in [0.1, 0.15) is 0 Å². The lowest BCUT2D eigenvalue weighted by Gasteiger charge is -2.08. The topological polar surface area (TPSA) is 83.8 Å². The van der Waals surface area contributed by atoms with E-state index in [1.165, 1.54) is 26.4 Å². The number of Topliss-reactive ketones (excluding diaryl/α,β-unsaturated/α-hetero) is 1. The smallest absolute Gasteiger partial charge is 0.305 e. The van der Waals surface area contributed by atoms with Gasteiger partial charge in [-0.25, -0.2) is 0 Å². The molecule has 0 aromatic heterocycles. The zero-order valence-electron chi connectivity index (χ0n) is 14.8. The van der Waals surface area contributed by atoms with Gasteiger partial charge in [0.2, 0.25) is 0 Å². The summed E-state index contributed by atoms with van der Waals surface area (Å²) in [6.45, 7) is 2.16. The van der Waals surface area contributed by atoms with E-state index in [9.17, 15) is 19.8 Å². The predicted octanol–water partition coefficient (Wildman–Crippen LogP) is 2.85. The fraction of sp³-hybridized carbons (Fsp3) is 0.684. The number of hydrogen-bond acceptors (Lipinski definition) is 5. The summed E-state index contributed by atoms with van der Waals surface area (Å²) < 4.78 is 4.58. The highest BCUT2D eigenvalue weighted by molar-refractivity contribution is 6.00. The van der Waals surface area contributed by atoms with E-state index in [1.54, 1.807) is 12.2 Å². The summed E-state index contributed by atoms with van der Waals surface area (Å²) in [6.07, 6.45) is 8.59. The molecule has 0 bridgehead atoms. The molecule has 0 saturated heterocycles. The summed E-state index contributed by atoms with van der Waals surface area (Å²) in [4.78, 5) is 23.2. The van der Waals surface area contributed by atoms with Gasteiger partial charge in [-0.1, -0.05) is 51.2 Å². The van der Waals surface area contributed by atoms with Crippen molar-refractivity contribution < 1.29 is 24.5 Å². The molecule has 136 valence electrons. The van der Waals surface area contributed by atoms with Crippen LogP contribution in [0.5, 0.6) is 0 Å². The second kappa shape index (κ2) is 11.2. The van der Waals surface area contributed by atoms with Gasteiger partial charge >= 0.3 is 5.97 Å². The molecular weight excluding hydrogens is 308 g/mol. The summed E-state index contributed by atoms with van der Waals surface area (Å²) in [5.41, 5.74) is 0.994. The third-order valence-electron chi connectivity index (χ3n) is 4.33. The number of allylic oxidation sites excluding steroid dienone is 1. The number of methoxy groups -OCH3 is 1. The molecule has 0 amide bonds. The monoisotopic (exact) mass is 338 g/mol. The zero-order chi connectivity index (χ0) is 17.9. The Balaban J connectivity index is 2.57. The summed E-state index contributed by atoms with van der Waals surface area (Å²) in [5, 5.41) is 20.0. The average molecular weight is 338 g/mol. The van der Waals surface area contributed by atoms with E-state index in [1.807, 2.05) is 0 Å². The third kappa shape index (κ3) is 6.97. The third-order valence-corrected chi connectivity index (χ3v) is 4.33. The number of rotatable bonds is 11. The molecule has 5 heteroatoms. The van der Waals surface area contributed by atoms with E-state index in [-0.39, 0.29) is 31.0 Å². The van der Waals surface area contributed by atoms with Crippen LogP contribution in [-0.2, 0) is 14.3 Å². The molecule has 0 spiro atoms. The molecule has 0 aromatic rings. The summed E-state index contributed by atoms with van der Waals surface area (Å²) in [5.74, 6) is -0.521. The lowest BCUT2D eigenvalue weighted by Crippen LogP contribution is -2.06. The van der Waals surface area contributed by atoms with Crippen molar-refractivity contribution in [3.8, 4) is 0 Å². The van der Waals surface area contributed by atoms with Crippen molar-refractivity contribution in [2.24, 2.45) is 0 Å². The maximum Gasteiger partial charge on any atom is 0.305 e. The minimum Gasteiger partial charge on any atom is -0.469 e. The highest BCUT2D eigenvalue weighted by atomic mass is 16.5. The van der Waals surface area contributed by atoms with Gasteiger partial charge in [0.15, 0.2) is 5.78 Å². The molecule has 0 radical (unpaired) electrons. The summed E-state index contributed by atoms with van der Waals surface area (Å²) in [6, 6.07) is 0. The zero-order valence-corrected chi connectivity index (χ0v) is 14.8. The number of carbonyl (C=O) groups excluding carboxylic acids is 2. The van der Waals surface area contributed by atoms with Crippen molar-refractivity contribution in [1.82, 2.24) is 0 Å². The Hall–Kier alpha value is -1.46. The largest absolute Gasteiger partial charge is 0.469 e. The molecule has 24 heavy (non-hydrogen) atoms. The van der Waals surface area contributed by atoms with Crippen LogP contribution in [0.1, 0.15) is 64.7 Å². The van der Waals surface area contributed by atoms with E-state index < -0.39 is 12.2 Å². The molecule has 0 aromatic carbocycles. The quantitative estimate of drug-likeness (QED) is 0.447. The molecular formula is C19H30O5. The van der Waals surface area contributed by atoms with Gasteiger partial charge in [-0.15, -0.1) is 0 Å². The summed E-state index contributed by atoms with van der Waals surface area (Å²) in [7, 11) is 1.31. The Morgan fingerprint density at radius 2 is 2.04 bits per heavy atom. The number of carbonyl (C=O) groups is 2. The average Bonchev–Trinajstić information content (AvgIpc) is 2.83. The maximum absolute atomic E-state index is 11.9. The van der Waals surface area contributed by atoms with E-state index in [0.29, 0.717) is 17.6 Å². The normalized spacial score (nSPS) is 19.3. The van der Waals surface area contributed by atoms with Crippen LogP contribution < -0.4 is 0 Å². The second-order valence-electron chi connectivity index (χ2n) is 6.28. The van der Waals surface area contributed by atoms with Crippen LogP contribution in [0.3, 0.4) is 0 Å². The Morgan fingerprint density at radius 3 is 2.71 bits per heavy atom. The Morgan fingerprint density at radius 1 is 1.33 bits per heavy atom. The number of unbranched alkanes of at least 4 members (excludes halogenated alkanes) is 4. The van der Waals surface area contributed by atoms with Gasteiger partial charge in [-0.2, -0.15) is 0 Å². The molecule has 2 atom stereocenters. The number of hydrogen-bond donors (Lipinski definition) is 2. The Kier molecular flexibility index (Phi) is 9.57. The van der Waals surface area contributed by atoms with Crippen LogP contribution in [0.2, 0.25) is 0 Å². The summed E-state index contributed by atoms with van der Waals surface area (Å²) >= 11 is 0. The first-order valence-corrected chi connectivity index (χ1v) is 8.87. The lowest BCUT2D eigenvalue weighted by molar-refractivity contribution is -0.140. The number of aliphatic hydroxyl groups is 2. The maximum atomic E-state index is 11.9. The molecule has 5 nitrogen and oxygen atoms in total. The fourth-order valence-corrected chi connectivity index (χ4v) is 2.86. The van der Waals surface area contributed by atoms with Gasteiger partial charge in [0, 0.05) is 18.4 Å². The molecule has 2 unspecified atom stereocenters. The van der Waals surface area contributed by atoms with E-state index >= 15 is 0 Å². The lowest BCUT2D eigenvalue weighted by atomic mass is 10.0. The fourth-order valence-electron chi connectivity index (χ4n) is 2.86. The second-order valence-corrected chi connectivity index (χ2v) is 6.28. The first-order valence-electron chi connectivity index (χ1n) is 8.87. The van der Waals surface area contributed by atoms with Crippen LogP contribution in [0.4, 0.5) is 0 Å². The van der Waals surface area contributed by atoms with Crippen molar-refractivity contribution in [1.29, 1.82) is 0 Å². The highest BCUT2D eigenvalue weighted by Crippen LogP contribution is 2.28. The molecule has 2 N–H and O–H groups in total. The van der Waals surface area contributed by atoms with E-state index in [0.717, 1.165) is 12.8 Å². The molecule has 0 aliphatic heterocycles. The molecule has 0 heterocycles. The van der Waals surface area contributed by atoms with Crippen LogP contribution in [0, 0.1) is 0 Å². The van der Waals surface area contributed by atoms with Gasteiger partial charge in [0.25, 0.3) is 0 Å². The van der Waals surface area contributed by atoms with Crippen LogP contribution >= 0.6 is 0 Å². The van der Waals surface area contributed by atoms with Gasteiger partial charge < -0.3 is 14.9 Å². The molecule has 0 saturated carbocycles. The number of esters is 1. The standard InChI is InChI=1S/C19H30O5/c1-3-4-5-6-7-8-14(20)9-10-15-16(11-12-19(23)24-2)18(22)13-17(15)21/h9-10,14,17,20-21H,3-8,11-13H2,1-2H3. The van der Waals surface area contributed by atoms with Gasteiger partial charge in [-0.3, -0.25) is 9.59 Å². The van der Waals surface area contributed by atoms with Crippen molar-refractivity contribution in [3.63, 3.8) is 0 Å². The van der Waals surface area contributed by atoms with Crippen LogP contribution in [0.25, 0.3) is 0 Å². The Bertz CT molecular complexity index is 478. The van der Waals surface area contributed by atoms with Crippen molar-refractivity contribution >= 4 is 11.8 Å². The molecule has 1 rings (SSSR count). The highest BCUT2D eigenvalue weighted by Gasteiger charge is 2.29. The van der Waals surface area contributed by atoms with Crippen LogP contribution in [-0.4, -0.2) is 41.3 Å². The molecule has 0 fully saturated rings. The minimum absolute atomic E-state index is 0.0449. The van der Waals surface area contributed by atoms with Crippen LogP contribution in [0.15, 0.2) is 23.3 Å². The van der Waals surface area contributed by atoms with E-state index in [4.69, 9.17) is 0 Å². The Labute approximate surface area is 144 Å². The predicted molar refractivity (Wildman–Crippen MR) is 92.4 cm³/mol. The van der Waals surface area contributed by atoms with Crippen molar-refractivity contribution in [2.45, 2.75) is 76.9 Å². The van der Waals surface area contributed by atoms with Crippen molar-refractivity contribution in [2.75, 3.05) is 7.11 Å². The number of aliphatic hydroxyl groups excluding tert-OH is 2. The van der Waals surface area contributed by atoms with Crippen molar-refractivity contribution in [3.05, 3.63) is 23.3 Å². The van der Waals surface area contributed by atoms with E-state index in [2.05, 4.69) is 11.7 Å². The minimum atomic E-state index is -0.849. The first-order chi connectivity index (χ1) is 11.5. The number of ether oxygens (including phenoxy) is 1. The molecule has 1 aliphatic carbocycles. The first kappa shape index (κ1) is 20.6. The SMILES string of the molecule is CCCCCCCC(O)C=CC1=C(CCC(=O)OC)C(=O)CC1O. The van der Waals surface area contributed by atoms with Gasteiger partial charge in [-0.05, 0) is 18.4 Å². The molecule has 1 aliphatic rings. The number of ketones is 1.